The van der Waals surface area contributed by atoms with E-state index in [-0.39, 0.29) is 11.5 Å². The van der Waals surface area contributed by atoms with Crippen LogP contribution in [0.15, 0.2) is 47.1 Å². The molecule has 2 aromatic carbocycles. The summed E-state index contributed by atoms with van der Waals surface area (Å²) in [7, 11) is 0. The van der Waals surface area contributed by atoms with Gasteiger partial charge in [-0.3, -0.25) is 4.79 Å². The van der Waals surface area contributed by atoms with Crippen LogP contribution in [-0.4, -0.2) is 18.1 Å². The second-order valence-corrected chi connectivity index (χ2v) is 5.12. The second kappa shape index (κ2) is 8.33. The molecule has 0 atom stereocenters. The van der Waals surface area contributed by atoms with E-state index in [1.54, 1.807) is 12.3 Å². The number of para-hydroxylation sites is 1. The molecule has 0 saturated heterocycles. The monoisotopic (exact) mass is 351 g/mol. The standard InChI is InChI=1S/C16H13ClFNO2.CH2O2/c17-12-9-15(11(4-6-19)8-13(12)18)21-14-3-1-2-10-5-7-20-16(10)14;2-1-3/h1-3,5,7-9H,4,6,19H2;1H,(H,2,3). The Labute approximate surface area is 142 Å². The number of hydrogen-bond acceptors (Lipinski definition) is 4. The van der Waals surface area contributed by atoms with E-state index in [9.17, 15) is 4.39 Å². The van der Waals surface area contributed by atoms with Gasteiger partial charge in [0.1, 0.15) is 11.6 Å². The Morgan fingerprint density at radius 2 is 2.04 bits per heavy atom. The zero-order chi connectivity index (χ0) is 17.5. The molecule has 5 nitrogen and oxygen atoms in total. The highest BCUT2D eigenvalue weighted by Crippen LogP contribution is 2.34. The van der Waals surface area contributed by atoms with E-state index in [4.69, 9.17) is 36.4 Å². The lowest BCUT2D eigenvalue weighted by molar-refractivity contribution is -0.122. The van der Waals surface area contributed by atoms with Crippen molar-refractivity contribution in [1.29, 1.82) is 0 Å². The lowest BCUT2D eigenvalue weighted by atomic mass is 10.1. The van der Waals surface area contributed by atoms with Crippen molar-refractivity contribution in [3.8, 4) is 11.5 Å². The van der Waals surface area contributed by atoms with Crippen LogP contribution in [0.2, 0.25) is 5.02 Å². The Morgan fingerprint density at radius 3 is 2.75 bits per heavy atom. The quantitative estimate of drug-likeness (QED) is 0.687. The minimum absolute atomic E-state index is 0.0115. The average Bonchev–Trinajstić information content (AvgIpc) is 3.03. The van der Waals surface area contributed by atoms with Crippen molar-refractivity contribution in [3.05, 3.63) is 59.1 Å². The molecular formula is C17H15ClFNO4. The van der Waals surface area contributed by atoms with Crippen molar-refractivity contribution < 1.29 is 23.4 Å². The highest BCUT2D eigenvalue weighted by Gasteiger charge is 2.13. The maximum Gasteiger partial charge on any atom is 0.290 e. The van der Waals surface area contributed by atoms with Gasteiger partial charge in [0, 0.05) is 11.5 Å². The molecule has 0 aliphatic heterocycles. The molecule has 0 radical (unpaired) electrons. The molecule has 0 fully saturated rings. The Morgan fingerprint density at radius 1 is 1.29 bits per heavy atom. The number of hydrogen-bond donors (Lipinski definition) is 2. The van der Waals surface area contributed by atoms with Crippen LogP contribution in [-0.2, 0) is 11.2 Å². The highest BCUT2D eigenvalue weighted by molar-refractivity contribution is 6.30. The molecule has 7 heteroatoms. The van der Waals surface area contributed by atoms with E-state index in [1.165, 1.54) is 12.1 Å². The third-order valence-electron chi connectivity index (χ3n) is 3.18. The first kappa shape index (κ1) is 17.8. The van der Waals surface area contributed by atoms with Gasteiger partial charge in [-0.25, -0.2) is 4.39 Å². The minimum Gasteiger partial charge on any atom is -0.483 e. The van der Waals surface area contributed by atoms with E-state index in [0.29, 0.717) is 35.6 Å². The van der Waals surface area contributed by atoms with Gasteiger partial charge in [0.2, 0.25) is 0 Å². The summed E-state index contributed by atoms with van der Waals surface area (Å²) in [5.41, 5.74) is 6.86. The first-order chi connectivity index (χ1) is 11.6. The van der Waals surface area contributed by atoms with Gasteiger partial charge in [0.25, 0.3) is 6.47 Å². The van der Waals surface area contributed by atoms with Crippen LogP contribution in [0.4, 0.5) is 4.39 Å². The topological polar surface area (TPSA) is 85.7 Å². The van der Waals surface area contributed by atoms with Gasteiger partial charge in [-0.2, -0.15) is 0 Å². The average molecular weight is 352 g/mol. The minimum atomic E-state index is -0.483. The first-order valence-corrected chi connectivity index (χ1v) is 7.38. The molecule has 24 heavy (non-hydrogen) atoms. The molecular weight excluding hydrogens is 337 g/mol. The Bertz CT molecular complexity index is 835. The molecule has 126 valence electrons. The summed E-state index contributed by atoms with van der Waals surface area (Å²) in [5.74, 6) is 0.554. The van der Waals surface area contributed by atoms with Crippen LogP contribution in [0.5, 0.6) is 11.5 Å². The van der Waals surface area contributed by atoms with Crippen molar-refractivity contribution in [2.45, 2.75) is 6.42 Å². The maximum absolute atomic E-state index is 13.6. The summed E-state index contributed by atoms with van der Waals surface area (Å²) in [6.07, 6.45) is 2.09. The molecule has 0 saturated carbocycles. The fraction of sp³-hybridized carbons (Fsp3) is 0.118. The van der Waals surface area contributed by atoms with Crippen molar-refractivity contribution in [3.63, 3.8) is 0 Å². The molecule has 3 aromatic rings. The zero-order valence-corrected chi connectivity index (χ0v) is 13.3. The number of fused-ring (bicyclic) bond motifs is 1. The molecule has 0 unspecified atom stereocenters. The summed E-state index contributed by atoms with van der Waals surface area (Å²) in [5, 5.41) is 7.83. The largest absolute Gasteiger partial charge is 0.483 e. The fourth-order valence-corrected chi connectivity index (χ4v) is 2.33. The first-order valence-electron chi connectivity index (χ1n) is 7.00. The van der Waals surface area contributed by atoms with Gasteiger partial charge in [-0.05, 0) is 36.7 Å². The number of benzene rings is 2. The number of carbonyl (C=O) groups is 1. The third kappa shape index (κ3) is 4.04. The maximum atomic E-state index is 13.6. The summed E-state index contributed by atoms with van der Waals surface area (Å²) in [6.45, 7) is 0.141. The van der Waals surface area contributed by atoms with E-state index < -0.39 is 5.82 Å². The lowest BCUT2D eigenvalue weighted by Gasteiger charge is -2.12. The number of furan rings is 1. The van der Waals surface area contributed by atoms with Crippen LogP contribution in [0.1, 0.15) is 5.56 Å². The van der Waals surface area contributed by atoms with Crippen LogP contribution in [0.3, 0.4) is 0 Å². The van der Waals surface area contributed by atoms with E-state index in [2.05, 4.69) is 0 Å². The number of ether oxygens (including phenoxy) is 1. The van der Waals surface area contributed by atoms with Crippen LogP contribution >= 0.6 is 11.6 Å². The normalized spacial score (nSPS) is 10.1. The highest BCUT2D eigenvalue weighted by atomic mass is 35.5. The summed E-state index contributed by atoms with van der Waals surface area (Å²) >= 11 is 5.84. The molecule has 0 bridgehead atoms. The van der Waals surface area contributed by atoms with Crippen molar-refractivity contribution in [2.24, 2.45) is 5.73 Å². The number of nitrogens with two attached hydrogens (primary N) is 1. The van der Waals surface area contributed by atoms with Gasteiger partial charge in [-0.15, -0.1) is 0 Å². The molecule has 1 aromatic heterocycles. The second-order valence-electron chi connectivity index (χ2n) is 4.72. The predicted molar refractivity (Wildman–Crippen MR) is 89.1 cm³/mol. The number of carboxylic acid groups (broad SMARTS) is 1. The van der Waals surface area contributed by atoms with Crippen LogP contribution in [0, 0.1) is 5.82 Å². The van der Waals surface area contributed by atoms with Gasteiger partial charge in [0.05, 0.1) is 11.3 Å². The van der Waals surface area contributed by atoms with E-state index >= 15 is 0 Å². The van der Waals surface area contributed by atoms with Crippen LogP contribution < -0.4 is 10.5 Å². The molecule has 3 rings (SSSR count). The van der Waals surface area contributed by atoms with Crippen molar-refractivity contribution in [2.75, 3.05) is 6.54 Å². The molecule has 0 aliphatic rings. The lowest BCUT2D eigenvalue weighted by Crippen LogP contribution is -2.04. The summed E-state index contributed by atoms with van der Waals surface area (Å²) < 4.78 is 24.9. The van der Waals surface area contributed by atoms with E-state index in [1.807, 2.05) is 18.2 Å². The molecule has 3 N–H and O–H groups in total. The van der Waals surface area contributed by atoms with E-state index in [0.717, 1.165) is 5.39 Å². The molecule has 0 spiro atoms. The number of rotatable bonds is 4. The van der Waals surface area contributed by atoms with Gasteiger partial charge in [-0.1, -0.05) is 23.7 Å². The van der Waals surface area contributed by atoms with Crippen molar-refractivity contribution >= 4 is 29.0 Å². The Hall–Kier alpha value is -2.57. The molecule has 1 heterocycles. The van der Waals surface area contributed by atoms with Crippen molar-refractivity contribution in [1.82, 2.24) is 0 Å². The fourth-order valence-electron chi connectivity index (χ4n) is 2.18. The smallest absolute Gasteiger partial charge is 0.290 e. The number of halogens is 2. The predicted octanol–water partition coefficient (Wildman–Crippen LogP) is 4.22. The third-order valence-corrected chi connectivity index (χ3v) is 3.47. The Kier molecular flexibility index (Phi) is 6.17. The summed E-state index contributed by atoms with van der Waals surface area (Å²) in [6, 6.07) is 10.2. The molecule has 0 aliphatic carbocycles. The van der Waals surface area contributed by atoms with Gasteiger partial charge < -0.3 is 20.0 Å². The van der Waals surface area contributed by atoms with Gasteiger partial charge in [0.15, 0.2) is 11.3 Å². The molecule has 0 amide bonds. The van der Waals surface area contributed by atoms with Gasteiger partial charge >= 0.3 is 0 Å². The zero-order valence-electron chi connectivity index (χ0n) is 12.5. The van der Waals surface area contributed by atoms with Crippen LogP contribution in [0.25, 0.3) is 11.0 Å². The SMILES string of the molecule is NCCc1cc(F)c(Cl)cc1Oc1cccc2ccoc12.O=CO. The summed E-state index contributed by atoms with van der Waals surface area (Å²) in [4.78, 5) is 8.36. The Balaban J connectivity index is 0.000000647.